The summed E-state index contributed by atoms with van der Waals surface area (Å²) in [5, 5.41) is 8.17. The Kier molecular flexibility index (Phi) is 5.45. The highest BCUT2D eigenvalue weighted by molar-refractivity contribution is 7.10. The molecular weight excluding hydrogens is 340 g/mol. The maximum Gasteiger partial charge on any atom is 0.116 e. The van der Waals surface area contributed by atoms with Gasteiger partial charge in [0.05, 0.1) is 11.2 Å². The summed E-state index contributed by atoms with van der Waals surface area (Å²) in [6, 6.07) is 7.83. The van der Waals surface area contributed by atoms with Crippen LogP contribution in [0.1, 0.15) is 10.7 Å². The third-order valence-electron chi connectivity index (χ3n) is 3.51. The van der Waals surface area contributed by atoms with Gasteiger partial charge in [0, 0.05) is 40.8 Å². The largest absolute Gasteiger partial charge is 0.383 e. The van der Waals surface area contributed by atoms with Crippen LogP contribution in [0.4, 0.5) is 5.69 Å². The van der Waals surface area contributed by atoms with Crippen molar-refractivity contribution in [3.05, 3.63) is 51.6 Å². The molecule has 0 aliphatic carbocycles. The lowest BCUT2D eigenvalue weighted by Crippen LogP contribution is -2.20. The lowest BCUT2D eigenvalue weighted by atomic mass is 10.1. The quantitative estimate of drug-likeness (QED) is 0.705. The summed E-state index contributed by atoms with van der Waals surface area (Å²) in [4.78, 5) is 11.1. The first-order valence-electron chi connectivity index (χ1n) is 7.68. The molecule has 0 aliphatic heterocycles. The van der Waals surface area contributed by atoms with Crippen LogP contribution in [-0.4, -0.2) is 42.1 Å². The second-order valence-corrected chi connectivity index (χ2v) is 7.05. The molecule has 0 fully saturated rings. The van der Waals surface area contributed by atoms with Gasteiger partial charge in [0.25, 0.3) is 0 Å². The van der Waals surface area contributed by atoms with Crippen molar-refractivity contribution < 1.29 is 0 Å². The Bertz CT molecular complexity index is 844. The first kappa shape index (κ1) is 16.9. The van der Waals surface area contributed by atoms with Gasteiger partial charge >= 0.3 is 0 Å². The molecule has 6 heteroatoms. The minimum absolute atomic E-state index is 0.714. The van der Waals surface area contributed by atoms with Crippen LogP contribution in [0.2, 0.25) is 5.02 Å². The third-order valence-corrected chi connectivity index (χ3v) is 4.49. The molecule has 0 radical (unpaired) electrons. The summed E-state index contributed by atoms with van der Waals surface area (Å²) in [6.07, 6.45) is 5.77. The molecule has 1 N–H and O–H groups in total. The first-order chi connectivity index (χ1) is 11.6. The van der Waals surface area contributed by atoms with Crippen molar-refractivity contribution in [2.75, 3.05) is 32.5 Å². The van der Waals surface area contributed by atoms with Gasteiger partial charge in [-0.1, -0.05) is 11.6 Å². The summed E-state index contributed by atoms with van der Waals surface area (Å²) < 4.78 is 0. The Morgan fingerprint density at radius 3 is 2.88 bits per heavy atom. The van der Waals surface area contributed by atoms with E-state index in [0.29, 0.717) is 5.02 Å². The van der Waals surface area contributed by atoms with E-state index in [2.05, 4.69) is 35.4 Å². The summed E-state index contributed by atoms with van der Waals surface area (Å²) in [5.41, 5.74) is 2.86. The molecule has 4 nitrogen and oxygen atoms in total. The molecule has 0 aliphatic rings. The second-order valence-electron chi connectivity index (χ2n) is 5.69. The Morgan fingerprint density at radius 2 is 2.12 bits per heavy atom. The molecule has 0 unspecified atom stereocenters. The van der Waals surface area contributed by atoms with Crippen molar-refractivity contribution in [3.8, 4) is 0 Å². The molecule has 3 aromatic rings. The Morgan fingerprint density at radius 1 is 1.25 bits per heavy atom. The van der Waals surface area contributed by atoms with E-state index >= 15 is 0 Å². The van der Waals surface area contributed by atoms with Gasteiger partial charge in [0.1, 0.15) is 5.01 Å². The van der Waals surface area contributed by atoms with Crippen molar-refractivity contribution in [2.45, 2.75) is 0 Å². The van der Waals surface area contributed by atoms with Crippen molar-refractivity contribution >= 4 is 51.7 Å². The lowest BCUT2D eigenvalue weighted by Gasteiger charge is -2.14. The number of thiazole rings is 1. The topological polar surface area (TPSA) is 41.0 Å². The molecule has 24 heavy (non-hydrogen) atoms. The maximum absolute atomic E-state index is 6.16. The molecule has 0 atom stereocenters. The van der Waals surface area contributed by atoms with Gasteiger partial charge in [-0.2, -0.15) is 0 Å². The predicted octanol–water partition coefficient (Wildman–Crippen LogP) is 4.49. The monoisotopic (exact) mass is 358 g/mol. The van der Waals surface area contributed by atoms with Crippen LogP contribution < -0.4 is 5.32 Å². The van der Waals surface area contributed by atoms with Gasteiger partial charge in [-0.3, -0.25) is 0 Å². The summed E-state index contributed by atoms with van der Waals surface area (Å²) in [7, 11) is 4.12. The zero-order chi connectivity index (χ0) is 16.9. The highest BCUT2D eigenvalue weighted by Gasteiger charge is 2.06. The summed E-state index contributed by atoms with van der Waals surface area (Å²) in [5.74, 6) is 0. The van der Waals surface area contributed by atoms with E-state index in [1.807, 2.05) is 35.7 Å². The minimum atomic E-state index is 0.714. The number of rotatable bonds is 6. The average Bonchev–Trinajstić information content (AvgIpc) is 3.06. The van der Waals surface area contributed by atoms with Crippen LogP contribution in [-0.2, 0) is 0 Å². The summed E-state index contributed by atoms with van der Waals surface area (Å²) in [6.45, 7) is 1.81. The Balaban J connectivity index is 1.94. The zero-order valence-electron chi connectivity index (χ0n) is 13.7. The van der Waals surface area contributed by atoms with Crippen molar-refractivity contribution in [2.24, 2.45) is 0 Å². The van der Waals surface area contributed by atoms with Gasteiger partial charge in [-0.05, 0) is 50.5 Å². The number of hydrogen-bond acceptors (Lipinski definition) is 5. The fraction of sp³-hybridized carbons (Fsp3) is 0.222. The van der Waals surface area contributed by atoms with Gasteiger partial charge in [-0.15, -0.1) is 11.3 Å². The number of nitrogens with zero attached hydrogens (tertiary/aromatic N) is 3. The Labute approximate surface area is 150 Å². The lowest BCUT2D eigenvalue weighted by molar-refractivity contribution is 0.425. The van der Waals surface area contributed by atoms with Crippen LogP contribution in [0.15, 0.2) is 35.8 Å². The standard InChI is InChI=1S/C18H19ClN4S/c1-23(2)9-7-20-17-12-14(4-6-18-21-8-10-24-18)22-16-5-3-13(19)11-15(16)17/h3-6,8,10-12H,7,9H2,1-2H3,(H,20,22)/b6-4+. The normalized spacial score (nSPS) is 11.7. The van der Waals surface area contributed by atoms with E-state index in [0.717, 1.165) is 40.4 Å². The zero-order valence-corrected chi connectivity index (χ0v) is 15.2. The number of nitrogens with one attached hydrogen (secondary N) is 1. The van der Waals surface area contributed by atoms with Gasteiger partial charge in [0.15, 0.2) is 0 Å². The van der Waals surface area contributed by atoms with Crippen molar-refractivity contribution in [1.29, 1.82) is 0 Å². The van der Waals surface area contributed by atoms with E-state index in [4.69, 9.17) is 16.6 Å². The van der Waals surface area contributed by atoms with Gasteiger partial charge in [-0.25, -0.2) is 9.97 Å². The number of pyridine rings is 1. The van der Waals surface area contributed by atoms with Crippen LogP contribution in [0, 0.1) is 0 Å². The molecule has 0 saturated heterocycles. The van der Waals surface area contributed by atoms with Gasteiger partial charge in [0.2, 0.25) is 0 Å². The van der Waals surface area contributed by atoms with Crippen LogP contribution >= 0.6 is 22.9 Å². The fourth-order valence-corrected chi connectivity index (χ4v) is 3.04. The van der Waals surface area contributed by atoms with Crippen molar-refractivity contribution in [1.82, 2.24) is 14.9 Å². The number of fused-ring (bicyclic) bond motifs is 1. The van der Waals surface area contributed by atoms with Crippen molar-refractivity contribution in [3.63, 3.8) is 0 Å². The summed E-state index contributed by atoms with van der Waals surface area (Å²) >= 11 is 7.76. The molecule has 3 rings (SSSR count). The molecular formula is C18H19ClN4S. The molecule has 0 bridgehead atoms. The number of likely N-dealkylation sites (N-methyl/N-ethyl adjacent to an activating group) is 1. The van der Waals surface area contributed by atoms with Crippen LogP contribution in [0.25, 0.3) is 23.1 Å². The molecule has 0 saturated carbocycles. The first-order valence-corrected chi connectivity index (χ1v) is 8.94. The third kappa shape index (κ3) is 4.32. The molecule has 0 spiro atoms. The molecule has 2 aromatic heterocycles. The fourth-order valence-electron chi connectivity index (χ4n) is 2.34. The number of aromatic nitrogens is 2. The molecule has 0 amide bonds. The van der Waals surface area contributed by atoms with E-state index in [1.54, 1.807) is 17.5 Å². The average molecular weight is 359 g/mol. The maximum atomic E-state index is 6.16. The highest BCUT2D eigenvalue weighted by atomic mass is 35.5. The Hall–Kier alpha value is -1.95. The van der Waals surface area contributed by atoms with E-state index in [9.17, 15) is 0 Å². The number of hydrogen-bond donors (Lipinski definition) is 1. The number of anilines is 1. The number of halogens is 1. The SMILES string of the molecule is CN(C)CCNc1cc(/C=C/c2nccs2)nc2ccc(Cl)cc12. The molecule has 1 aromatic carbocycles. The minimum Gasteiger partial charge on any atom is -0.383 e. The van der Waals surface area contributed by atoms with E-state index < -0.39 is 0 Å². The van der Waals surface area contributed by atoms with E-state index in [-0.39, 0.29) is 0 Å². The molecule has 124 valence electrons. The predicted molar refractivity (Wildman–Crippen MR) is 105 cm³/mol. The van der Waals surface area contributed by atoms with Crippen LogP contribution in [0.3, 0.4) is 0 Å². The van der Waals surface area contributed by atoms with Gasteiger partial charge < -0.3 is 10.2 Å². The number of benzene rings is 1. The highest BCUT2D eigenvalue weighted by Crippen LogP contribution is 2.27. The molecule has 2 heterocycles. The van der Waals surface area contributed by atoms with Crippen LogP contribution in [0.5, 0.6) is 0 Å². The second kappa shape index (κ2) is 7.75. The van der Waals surface area contributed by atoms with E-state index in [1.165, 1.54) is 0 Å². The smallest absolute Gasteiger partial charge is 0.116 e.